The third-order valence-corrected chi connectivity index (χ3v) is 1.60. The Morgan fingerprint density at radius 3 is 2.64 bits per heavy atom. The third-order valence-electron chi connectivity index (χ3n) is 1.60. The van der Waals surface area contributed by atoms with Crippen molar-refractivity contribution < 1.29 is 13.2 Å². The first-order valence-electron chi connectivity index (χ1n) is 3.95. The zero-order valence-corrected chi connectivity index (χ0v) is 7.52. The van der Waals surface area contributed by atoms with Gasteiger partial charge in [0, 0.05) is 12.1 Å². The van der Waals surface area contributed by atoms with Gasteiger partial charge in [0.1, 0.15) is 0 Å². The van der Waals surface area contributed by atoms with Gasteiger partial charge in [-0.25, -0.2) is 8.78 Å². The minimum atomic E-state index is -1.33. The molecule has 1 aromatic rings. The lowest BCUT2D eigenvalue weighted by Gasteiger charge is -2.10. The van der Waals surface area contributed by atoms with Crippen LogP contribution >= 0.6 is 0 Å². The van der Waals surface area contributed by atoms with Crippen LogP contribution in [0.1, 0.15) is 6.92 Å². The van der Waals surface area contributed by atoms with Gasteiger partial charge in [-0.15, -0.1) is 6.58 Å². The van der Waals surface area contributed by atoms with Crippen LogP contribution in [0.15, 0.2) is 18.7 Å². The highest BCUT2D eigenvalue weighted by atomic mass is 19.2. The Kier molecular flexibility index (Phi) is 3.11. The lowest BCUT2D eigenvalue weighted by molar-refractivity contribution is 0.466. The van der Waals surface area contributed by atoms with E-state index in [0.717, 1.165) is 0 Å². The van der Waals surface area contributed by atoms with Gasteiger partial charge in [-0.1, -0.05) is 6.08 Å². The number of nitrogens with one attached hydrogen (secondary N) is 1. The monoisotopic (exact) mass is 202 g/mol. The van der Waals surface area contributed by atoms with Gasteiger partial charge in [0.15, 0.2) is 17.5 Å². The van der Waals surface area contributed by atoms with Crippen LogP contribution in [0.25, 0.3) is 0 Å². The Labute approximate surface area is 79.5 Å². The molecule has 0 amide bonds. The molecule has 1 aromatic heterocycles. The smallest absolute Gasteiger partial charge is 0.251 e. The van der Waals surface area contributed by atoms with Crippen LogP contribution in [0.5, 0.6) is 0 Å². The van der Waals surface area contributed by atoms with Crippen molar-refractivity contribution in [2.75, 3.05) is 5.32 Å². The van der Waals surface area contributed by atoms with E-state index in [0.29, 0.717) is 6.07 Å². The van der Waals surface area contributed by atoms with E-state index < -0.39 is 17.6 Å². The number of rotatable bonds is 3. The lowest BCUT2D eigenvalue weighted by atomic mass is 10.3. The van der Waals surface area contributed by atoms with E-state index in [2.05, 4.69) is 16.9 Å². The Morgan fingerprint density at radius 1 is 1.43 bits per heavy atom. The fraction of sp³-hybridized carbons (Fsp3) is 0.222. The van der Waals surface area contributed by atoms with E-state index in [9.17, 15) is 13.2 Å². The maximum Gasteiger partial charge on any atom is 0.251 e. The van der Waals surface area contributed by atoms with Gasteiger partial charge in [-0.2, -0.15) is 9.37 Å². The molecule has 5 heteroatoms. The summed E-state index contributed by atoms with van der Waals surface area (Å²) in [4.78, 5) is 3.08. The molecular weight excluding hydrogens is 193 g/mol. The number of pyridine rings is 1. The Bertz CT molecular complexity index is 352. The molecule has 1 atom stereocenters. The summed E-state index contributed by atoms with van der Waals surface area (Å²) in [6, 6.07) is 0.169. The van der Waals surface area contributed by atoms with Crippen molar-refractivity contribution in [3.05, 3.63) is 36.3 Å². The summed E-state index contributed by atoms with van der Waals surface area (Å²) >= 11 is 0. The molecule has 0 aliphatic heterocycles. The zero-order chi connectivity index (χ0) is 10.7. The molecule has 0 aliphatic carbocycles. The predicted molar refractivity (Wildman–Crippen MR) is 47.4 cm³/mol. The molecule has 1 rings (SSSR count). The highest BCUT2D eigenvalue weighted by Gasteiger charge is 2.12. The van der Waals surface area contributed by atoms with Gasteiger partial charge in [0.2, 0.25) is 0 Å². The molecule has 0 fully saturated rings. The number of nitrogens with zero attached hydrogens (tertiary/aromatic N) is 1. The topological polar surface area (TPSA) is 24.9 Å². The molecule has 0 radical (unpaired) electrons. The Hall–Kier alpha value is -1.52. The summed E-state index contributed by atoms with van der Waals surface area (Å²) in [5.41, 5.74) is 0. The molecule has 0 bridgehead atoms. The molecule has 2 nitrogen and oxygen atoms in total. The normalized spacial score (nSPS) is 12.3. The first-order valence-corrected chi connectivity index (χ1v) is 3.95. The van der Waals surface area contributed by atoms with Crippen molar-refractivity contribution in [2.24, 2.45) is 0 Å². The molecule has 76 valence electrons. The van der Waals surface area contributed by atoms with Gasteiger partial charge in [0.05, 0.1) is 0 Å². The van der Waals surface area contributed by atoms with E-state index in [4.69, 9.17) is 0 Å². The Morgan fingerprint density at radius 2 is 2.07 bits per heavy atom. The summed E-state index contributed by atoms with van der Waals surface area (Å²) in [6.07, 6.45) is 1.49. The van der Waals surface area contributed by atoms with Crippen LogP contribution in [0.4, 0.5) is 19.0 Å². The van der Waals surface area contributed by atoms with Crippen molar-refractivity contribution in [2.45, 2.75) is 13.0 Å². The summed E-state index contributed by atoms with van der Waals surface area (Å²) in [6.45, 7) is 5.12. The largest absolute Gasteiger partial charge is 0.362 e. The molecular formula is C9H9F3N2. The predicted octanol–water partition coefficient (Wildman–Crippen LogP) is 2.49. The molecule has 0 saturated heterocycles. The van der Waals surface area contributed by atoms with Crippen LogP contribution in [0.3, 0.4) is 0 Å². The molecule has 0 aromatic carbocycles. The van der Waals surface area contributed by atoms with Crippen LogP contribution in [-0.4, -0.2) is 11.0 Å². The lowest BCUT2D eigenvalue weighted by Crippen LogP contribution is -2.14. The van der Waals surface area contributed by atoms with Gasteiger partial charge in [-0.3, -0.25) is 0 Å². The minimum Gasteiger partial charge on any atom is -0.362 e. The fourth-order valence-corrected chi connectivity index (χ4v) is 0.820. The first-order chi connectivity index (χ1) is 6.54. The van der Waals surface area contributed by atoms with E-state index in [1.807, 2.05) is 0 Å². The summed E-state index contributed by atoms with van der Waals surface area (Å²) in [7, 11) is 0. The number of anilines is 1. The zero-order valence-electron chi connectivity index (χ0n) is 7.52. The van der Waals surface area contributed by atoms with Gasteiger partial charge >= 0.3 is 0 Å². The summed E-state index contributed by atoms with van der Waals surface area (Å²) in [5, 5.41) is 2.52. The van der Waals surface area contributed by atoms with Crippen molar-refractivity contribution in [3.63, 3.8) is 0 Å². The fourth-order valence-electron chi connectivity index (χ4n) is 0.820. The molecule has 0 aliphatic rings. The highest BCUT2D eigenvalue weighted by molar-refractivity contribution is 5.38. The number of aromatic nitrogens is 1. The maximum absolute atomic E-state index is 13.0. The van der Waals surface area contributed by atoms with E-state index in [-0.39, 0.29) is 11.9 Å². The van der Waals surface area contributed by atoms with Crippen LogP contribution < -0.4 is 5.32 Å². The minimum absolute atomic E-state index is 0.276. The average Bonchev–Trinajstić information content (AvgIpc) is 2.14. The van der Waals surface area contributed by atoms with Crippen molar-refractivity contribution >= 4 is 5.82 Å². The number of halogens is 3. The standard InChI is InChI=1S/C9H9F3N2/c1-3-5(2)13-9-7(11)4-6(10)8(12)14-9/h3-5H,1H2,2H3,(H,13,14). The molecule has 1 heterocycles. The second kappa shape index (κ2) is 4.13. The maximum atomic E-state index is 13.0. The second-order valence-corrected chi connectivity index (χ2v) is 2.76. The van der Waals surface area contributed by atoms with E-state index in [1.165, 1.54) is 6.08 Å². The van der Waals surface area contributed by atoms with Crippen molar-refractivity contribution in [1.82, 2.24) is 4.98 Å². The number of hydrogen-bond donors (Lipinski definition) is 1. The van der Waals surface area contributed by atoms with Crippen LogP contribution in [0.2, 0.25) is 0 Å². The molecule has 0 spiro atoms. The third kappa shape index (κ3) is 2.25. The molecule has 14 heavy (non-hydrogen) atoms. The number of hydrogen-bond acceptors (Lipinski definition) is 2. The van der Waals surface area contributed by atoms with Gasteiger partial charge in [0.25, 0.3) is 5.95 Å². The molecule has 1 unspecified atom stereocenters. The van der Waals surface area contributed by atoms with Crippen molar-refractivity contribution in [3.8, 4) is 0 Å². The van der Waals surface area contributed by atoms with Gasteiger partial charge < -0.3 is 5.32 Å². The summed E-state index contributed by atoms with van der Waals surface area (Å²) in [5.74, 6) is -3.89. The highest BCUT2D eigenvalue weighted by Crippen LogP contribution is 2.15. The molecule has 1 N–H and O–H groups in total. The van der Waals surface area contributed by atoms with E-state index in [1.54, 1.807) is 6.92 Å². The Balaban J connectivity index is 2.97. The first kappa shape index (κ1) is 10.6. The van der Waals surface area contributed by atoms with Crippen LogP contribution in [0, 0.1) is 17.6 Å². The van der Waals surface area contributed by atoms with Gasteiger partial charge in [-0.05, 0) is 6.92 Å². The quantitative estimate of drug-likeness (QED) is 0.601. The van der Waals surface area contributed by atoms with Crippen LogP contribution in [-0.2, 0) is 0 Å². The van der Waals surface area contributed by atoms with E-state index >= 15 is 0 Å². The summed E-state index contributed by atoms with van der Waals surface area (Å²) < 4.78 is 38.0. The van der Waals surface area contributed by atoms with Crippen molar-refractivity contribution in [1.29, 1.82) is 0 Å². The SMILES string of the molecule is C=CC(C)Nc1nc(F)c(F)cc1F. The average molecular weight is 202 g/mol. The second-order valence-electron chi connectivity index (χ2n) is 2.76. The molecule has 0 saturated carbocycles.